The van der Waals surface area contributed by atoms with Gasteiger partial charge in [-0.2, -0.15) is 0 Å². The fraction of sp³-hybridized carbons (Fsp3) is 0.771. The Morgan fingerprint density at radius 3 is 2.26 bits per heavy atom. The van der Waals surface area contributed by atoms with Crippen molar-refractivity contribution >= 4 is 35.4 Å². The van der Waals surface area contributed by atoms with Crippen molar-refractivity contribution in [3.63, 3.8) is 0 Å². The molecule has 12 nitrogen and oxygen atoms in total. The maximum Gasteiger partial charge on any atom is 0.315 e. The molecule has 4 rings (SSSR count). The Hall–Kier alpha value is -3.44. The van der Waals surface area contributed by atoms with Gasteiger partial charge in [0, 0.05) is 31.1 Å². The minimum atomic E-state index is -1.09. The number of amides is 6. The summed E-state index contributed by atoms with van der Waals surface area (Å²) in [7, 11) is 0. The van der Waals surface area contributed by atoms with Crippen LogP contribution in [0.15, 0.2) is 12.3 Å². The van der Waals surface area contributed by atoms with E-state index in [1.807, 2.05) is 26.1 Å². The van der Waals surface area contributed by atoms with E-state index in [-0.39, 0.29) is 35.1 Å². The monoisotopic (exact) mass is 656 g/mol. The first kappa shape index (κ1) is 36.4. The summed E-state index contributed by atoms with van der Waals surface area (Å²) in [5, 5.41) is 8.79. The first-order valence-corrected chi connectivity index (χ1v) is 17.6. The Morgan fingerprint density at radius 1 is 0.957 bits per heavy atom. The summed E-state index contributed by atoms with van der Waals surface area (Å²) in [4.78, 5) is 81.9. The average molecular weight is 657 g/mol. The van der Waals surface area contributed by atoms with Crippen LogP contribution in [0.2, 0.25) is 0 Å². The first-order valence-electron chi connectivity index (χ1n) is 17.6. The molecule has 6 amide bonds. The highest BCUT2D eigenvalue weighted by atomic mass is 16.2. The van der Waals surface area contributed by atoms with Crippen LogP contribution in [0, 0.1) is 22.7 Å². The van der Waals surface area contributed by atoms with Gasteiger partial charge in [-0.15, -0.1) is 0 Å². The molecule has 12 heteroatoms. The number of primary amides is 1. The lowest BCUT2D eigenvalue weighted by atomic mass is 9.81. The number of ketones is 1. The Kier molecular flexibility index (Phi) is 11.8. The number of likely N-dealkylation sites (tertiary alicyclic amines) is 1. The molecule has 2 aliphatic heterocycles. The Balaban J connectivity index is 1.46. The largest absolute Gasteiger partial charge is 0.363 e. The summed E-state index contributed by atoms with van der Waals surface area (Å²) in [6, 6.07) is -3.52. The van der Waals surface area contributed by atoms with E-state index in [2.05, 4.69) is 36.7 Å². The molecule has 0 spiro atoms. The number of urea groups is 1. The van der Waals surface area contributed by atoms with E-state index in [1.54, 1.807) is 4.90 Å². The third-order valence-corrected chi connectivity index (χ3v) is 10.8. The van der Waals surface area contributed by atoms with E-state index in [1.165, 1.54) is 4.90 Å². The summed E-state index contributed by atoms with van der Waals surface area (Å²) in [5.74, 6) is -2.52. The zero-order valence-electron chi connectivity index (χ0n) is 28.9. The maximum atomic E-state index is 14.2. The first-order chi connectivity index (χ1) is 22.1. The molecule has 0 aromatic carbocycles. The summed E-state index contributed by atoms with van der Waals surface area (Å²) in [6.45, 7) is 10.9. The molecule has 3 fully saturated rings. The molecular formula is C35H56N6O6. The topological polar surface area (TPSA) is 171 Å². The molecule has 2 saturated carbocycles. The van der Waals surface area contributed by atoms with Crippen molar-refractivity contribution in [2.24, 2.45) is 28.4 Å². The maximum absolute atomic E-state index is 14.2. The van der Waals surface area contributed by atoms with Gasteiger partial charge < -0.3 is 31.5 Å². The molecule has 2 heterocycles. The van der Waals surface area contributed by atoms with Crippen LogP contribution in [-0.4, -0.2) is 82.5 Å². The van der Waals surface area contributed by atoms with Crippen molar-refractivity contribution in [1.29, 1.82) is 0 Å². The molecule has 2 aliphatic carbocycles. The van der Waals surface area contributed by atoms with Crippen LogP contribution in [0.5, 0.6) is 0 Å². The summed E-state index contributed by atoms with van der Waals surface area (Å²) in [6.07, 6.45) is 12.8. The fourth-order valence-corrected chi connectivity index (χ4v) is 6.97. The van der Waals surface area contributed by atoms with Crippen LogP contribution in [-0.2, 0) is 24.0 Å². The van der Waals surface area contributed by atoms with Crippen molar-refractivity contribution < 1.29 is 28.8 Å². The van der Waals surface area contributed by atoms with Crippen molar-refractivity contribution in [3.05, 3.63) is 12.3 Å². The Bertz CT molecular complexity index is 1240. The van der Waals surface area contributed by atoms with Crippen molar-refractivity contribution in [1.82, 2.24) is 25.8 Å². The minimum absolute atomic E-state index is 0.00122. The number of nitrogens with zero attached hydrogens (tertiary/aromatic N) is 2. The standard InChI is InChI=1S/C35H56N6O6/c1-6-34(2,3)20-27(42)40-18-16-35(4,5)26(21-40)38-33(47)39-28(23-11-8-7-9-12-23)32(46)41-17-10-13-25(41)31(45)37-24(19-22-14-15-22)29(43)30(36)44/h16,18,22-26,28H,6-15,17,19-21H2,1-5H3,(H2,36,44)(H,37,45)(H2,38,39,47). The van der Waals surface area contributed by atoms with Gasteiger partial charge in [-0.1, -0.05) is 79.2 Å². The number of Topliss-reactive ketones (excluding diaryl/α,β-unsaturated/α-hetero) is 1. The van der Waals surface area contributed by atoms with E-state index in [0.717, 1.165) is 51.4 Å². The highest BCUT2D eigenvalue weighted by Gasteiger charge is 2.43. The lowest BCUT2D eigenvalue weighted by Gasteiger charge is -2.41. The van der Waals surface area contributed by atoms with E-state index < -0.39 is 47.2 Å². The van der Waals surface area contributed by atoms with Gasteiger partial charge in [0.05, 0.1) is 12.1 Å². The Morgan fingerprint density at radius 2 is 1.64 bits per heavy atom. The molecule has 4 atom stereocenters. The molecule has 1 saturated heterocycles. The molecule has 4 unspecified atom stereocenters. The molecule has 0 aromatic rings. The molecule has 262 valence electrons. The number of hydrogen-bond donors (Lipinski definition) is 4. The van der Waals surface area contributed by atoms with Gasteiger partial charge in [0.25, 0.3) is 5.91 Å². The zero-order chi connectivity index (χ0) is 34.5. The van der Waals surface area contributed by atoms with E-state index in [0.29, 0.717) is 38.8 Å². The van der Waals surface area contributed by atoms with Gasteiger partial charge in [-0.3, -0.25) is 24.0 Å². The molecule has 4 aliphatic rings. The normalized spacial score (nSPS) is 24.3. The van der Waals surface area contributed by atoms with E-state index >= 15 is 0 Å². The van der Waals surface area contributed by atoms with Gasteiger partial charge >= 0.3 is 6.03 Å². The molecule has 0 bridgehead atoms. The quantitative estimate of drug-likeness (QED) is 0.222. The molecule has 0 radical (unpaired) electrons. The van der Waals surface area contributed by atoms with Crippen molar-refractivity contribution in [3.8, 4) is 0 Å². The van der Waals surface area contributed by atoms with Gasteiger partial charge in [0.2, 0.25) is 23.5 Å². The molecule has 47 heavy (non-hydrogen) atoms. The van der Waals surface area contributed by atoms with E-state index in [9.17, 15) is 28.8 Å². The second-order valence-corrected chi connectivity index (χ2v) is 15.6. The predicted molar refractivity (Wildman–Crippen MR) is 177 cm³/mol. The van der Waals surface area contributed by atoms with Crippen LogP contribution in [0.1, 0.15) is 112 Å². The predicted octanol–water partition coefficient (Wildman–Crippen LogP) is 3.14. The van der Waals surface area contributed by atoms with Gasteiger partial charge in [-0.25, -0.2) is 4.79 Å². The van der Waals surface area contributed by atoms with Crippen LogP contribution in [0.25, 0.3) is 0 Å². The average Bonchev–Trinajstić information content (AvgIpc) is 3.70. The van der Waals surface area contributed by atoms with Gasteiger partial charge in [-0.05, 0) is 49.4 Å². The van der Waals surface area contributed by atoms with Crippen LogP contribution in [0.4, 0.5) is 4.79 Å². The second-order valence-electron chi connectivity index (χ2n) is 15.6. The second kappa shape index (κ2) is 15.2. The Labute approximate surface area is 279 Å². The number of rotatable bonds is 13. The van der Waals surface area contributed by atoms with Gasteiger partial charge in [0.15, 0.2) is 0 Å². The number of nitrogens with one attached hydrogen (secondary N) is 3. The van der Waals surface area contributed by atoms with Crippen LogP contribution >= 0.6 is 0 Å². The number of carbonyl (C=O) groups excluding carboxylic acids is 6. The number of carbonyl (C=O) groups is 6. The summed E-state index contributed by atoms with van der Waals surface area (Å²) >= 11 is 0. The highest BCUT2D eigenvalue weighted by molar-refractivity contribution is 6.37. The molecule has 0 aromatic heterocycles. The van der Waals surface area contributed by atoms with Crippen molar-refractivity contribution in [2.75, 3.05) is 13.1 Å². The smallest absolute Gasteiger partial charge is 0.315 e. The zero-order valence-corrected chi connectivity index (χ0v) is 28.9. The summed E-state index contributed by atoms with van der Waals surface area (Å²) in [5.41, 5.74) is 4.70. The highest BCUT2D eigenvalue weighted by Crippen LogP contribution is 2.34. The van der Waals surface area contributed by atoms with Crippen LogP contribution in [0.3, 0.4) is 0 Å². The molecular weight excluding hydrogens is 600 g/mol. The lowest BCUT2D eigenvalue weighted by molar-refractivity contribution is -0.143. The molecule has 5 N–H and O–H groups in total. The fourth-order valence-electron chi connectivity index (χ4n) is 6.97. The van der Waals surface area contributed by atoms with Crippen LogP contribution < -0.4 is 21.7 Å². The summed E-state index contributed by atoms with van der Waals surface area (Å²) < 4.78 is 0. The van der Waals surface area contributed by atoms with E-state index in [4.69, 9.17) is 5.73 Å². The lowest BCUT2D eigenvalue weighted by Crippen LogP contribution is -2.61. The van der Waals surface area contributed by atoms with Gasteiger partial charge in [0.1, 0.15) is 12.1 Å². The SMILES string of the molecule is CCC(C)(C)CC(=O)N1C=CC(C)(C)C(NC(=O)NC(C(=O)N2CCCC2C(=O)NC(CC2CC2)C(=O)C(N)=O)C2CCCCC2)C1. The third-order valence-electron chi connectivity index (χ3n) is 10.8. The number of nitrogens with two attached hydrogens (primary N) is 1. The van der Waals surface area contributed by atoms with Crippen molar-refractivity contribution in [2.45, 2.75) is 136 Å². The number of hydrogen-bond acceptors (Lipinski definition) is 6. The third kappa shape index (κ3) is 9.56. The minimum Gasteiger partial charge on any atom is -0.363 e.